The van der Waals surface area contributed by atoms with E-state index in [4.69, 9.17) is 4.74 Å². The van der Waals surface area contributed by atoms with Gasteiger partial charge in [0, 0.05) is 62.7 Å². The molecule has 1 aromatic heterocycles. The zero-order valence-corrected chi connectivity index (χ0v) is 26.6. The average molecular weight is 622 g/mol. The lowest BCUT2D eigenvalue weighted by Crippen LogP contribution is -2.47. The predicted molar refractivity (Wildman–Crippen MR) is 167 cm³/mol. The van der Waals surface area contributed by atoms with E-state index >= 15 is 0 Å². The van der Waals surface area contributed by atoms with Crippen molar-refractivity contribution in [2.24, 2.45) is 0 Å². The number of hydrogen-bond donors (Lipinski definition) is 2. The van der Waals surface area contributed by atoms with E-state index in [0.29, 0.717) is 24.6 Å². The Labute approximate surface area is 257 Å². The second kappa shape index (κ2) is 10.9. The molecule has 0 bridgehead atoms. The number of carbonyl (C=O) groups excluding carboxylic acids is 3. The quantitative estimate of drug-likeness (QED) is 0.406. The van der Waals surface area contributed by atoms with Crippen molar-refractivity contribution in [3.8, 4) is 17.0 Å². The number of benzene rings is 2. The highest BCUT2D eigenvalue weighted by atomic mass is 32.2. The van der Waals surface area contributed by atoms with E-state index in [1.54, 1.807) is 33.3 Å². The van der Waals surface area contributed by atoms with Crippen LogP contribution in [-0.4, -0.2) is 80.8 Å². The van der Waals surface area contributed by atoms with Gasteiger partial charge in [-0.25, -0.2) is 4.72 Å². The average Bonchev–Trinajstić information content (AvgIpc) is 3.63. The zero-order chi connectivity index (χ0) is 31.6. The second-order valence-electron chi connectivity index (χ2n) is 12.7. The molecule has 6 rings (SSSR count). The number of aromatic nitrogens is 1. The maximum Gasteiger partial charge on any atom is 0.311 e. The minimum Gasteiger partial charge on any atom is -0.497 e. The van der Waals surface area contributed by atoms with Crippen LogP contribution < -0.4 is 14.8 Å². The van der Waals surface area contributed by atoms with Crippen molar-refractivity contribution in [1.29, 1.82) is 0 Å². The van der Waals surface area contributed by atoms with Gasteiger partial charge in [0.1, 0.15) is 5.75 Å². The number of hydrogen-bond acceptors (Lipinski definition) is 6. The van der Waals surface area contributed by atoms with Crippen LogP contribution in [-0.2, 0) is 26.3 Å². The molecule has 2 aromatic carbocycles. The molecule has 12 heteroatoms. The molecule has 3 aliphatic rings. The standard InChI is InChI=1S/C32H39N5O6S/c1-35(2)31(40)30(39)33-32-17-25(32)24-16-21(43-5)12-14-22(24)28-27(19-9-7-6-8-10-19)23-13-11-20(15-26(23)37(28)18-32)29(38)34-44(41,42)36(3)4/h11-16,19,25H,6-10,17-18H2,1-5H3,(H,33,39)(H,34,38). The molecular formula is C32H39N5O6S. The Balaban J connectivity index is 1.57. The first-order valence-corrected chi connectivity index (χ1v) is 16.4. The normalized spacial score (nSPS) is 21.1. The molecule has 2 unspecified atom stereocenters. The smallest absolute Gasteiger partial charge is 0.311 e. The van der Waals surface area contributed by atoms with Gasteiger partial charge < -0.3 is 19.5 Å². The third-order valence-corrected chi connectivity index (χ3v) is 10.9. The van der Waals surface area contributed by atoms with Gasteiger partial charge in [-0.05, 0) is 66.6 Å². The lowest BCUT2D eigenvalue weighted by atomic mass is 9.81. The summed E-state index contributed by atoms with van der Waals surface area (Å²) in [4.78, 5) is 40.3. The lowest BCUT2D eigenvalue weighted by Gasteiger charge is -2.24. The van der Waals surface area contributed by atoms with E-state index in [-0.39, 0.29) is 11.5 Å². The summed E-state index contributed by atoms with van der Waals surface area (Å²) in [5.74, 6) is -1.04. The number of nitrogens with zero attached hydrogens (tertiary/aromatic N) is 3. The van der Waals surface area contributed by atoms with E-state index in [0.717, 1.165) is 57.7 Å². The van der Waals surface area contributed by atoms with Crippen LogP contribution in [0, 0.1) is 0 Å². The summed E-state index contributed by atoms with van der Waals surface area (Å²) >= 11 is 0. The molecule has 2 fully saturated rings. The van der Waals surface area contributed by atoms with Crippen molar-refractivity contribution in [2.45, 2.75) is 62.4 Å². The van der Waals surface area contributed by atoms with E-state index in [2.05, 4.69) is 20.7 Å². The van der Waals surface area contributed by atoms with Crippen molar-refractivity contribution in [2.75, 3.05) is 35.3 Å². The molecule has 0 radical (unpaired) electrons. The first-order valence-electron chi connectivity index (χ1n) is 15.0. The molecule has 2 aliphatic carbocycles. The highest BCUT2D eigenvalue weighted by molar-refractivity contribution is 7.87. The number of carbonyl (C=O) groups is 3. The van der Waals surface area contributed by atoms with Gasteiger partial charge in [-0.1, -0.05) is 25.3 Å². The van der Waals surface area contributed by atoms with Crippen molar-refractivity contribution >= 4 is 38.8 Å². The van der Waals surface area contributed by atoms with Crippen LogP contribution in [0.15, 0.2) is 36.4 Å². The molecule has 11 nitrogen and oxygen atoms in total. The van der Waals surface area contributed by atoms with Gasteiger partial charge in [0.05, 0.1) is 18.3 Å². The minimum atomic E-state index is -3.99. The van der Waals surface area contributed by atoms with Gasteiger partial charge in [0.2, 0.25) is 0 Å². The highest BCUT2D eigenvalue weighted by Crippen LogP contribution is 2.59. The van der Waals surface area contributed by atoms with Gasteiger partial charge in [0.25, 0.3) is 5.91 Å². The molecule has 2 saturated carbocycles. The number of ether oxygens (including phenoxy) is 1. The van der Waals surface area contributed by atoms with Gasteiger partial charge >= 0.3 is 22.0 Å². The van der Waals surface area contributed by atoms with Gasteiger partial charge in [0.15, 0.2) is 0 Å². The zero-order valence-electron chi connectivity index (χ0n) is 25.8. The second-order valence-corrected chi connectivity index (χ2v) is 14.5. The summed E-state index contributed by atoms with van der Waals surface area (Å²) in [6.45, 7) is 0.390. The van der Waals surface area contributed by atoms with E-state index in [1.807, 2.05) is 18.2 Å². The number of rotatable bonds is 6. The number of likely N-dealkylation sites (N-methyl/N-ethyl adjacent to an activating group) is 1. The van der Waals surface area contributed by atoms with Crippen molar-refractivity contribution in [1.82, 2.24) is 23.8 Å². The number of nitrogens with one attached hydrogen (secondary N) is 2. The Hall–Kier alpha value is -3.90. The molecule has 3 amide bonds. The summed E-state index contributed by atoms with van der Waals surface area (Å²) in [7, 11) is 3.45. The molecule has 1 aliphatic heterocycles. The Morgan fingerprint density at radius 1 is 1.00 bits per heavy atom. The number of methoxy groups -OCH3 is 1. The van der Waals surface area contributed by atoms with Gasteiger partial charge in [-0.15, -0.1) is 0 Å². The summed E-state index contributed by atoms with van der Waals surface area (Å²) in [6, 6.07) is 11.4. The number of amides is 3. The highest BCUT2D eigenvalue weighted by Gasteiger charge is 2.59. The predicted octanol–water partition coefficient (Wildman–Crippen LogP) is 3.34. The lowest BCUT2D eigenvalue weighted by molar-refractivity contribution is -0.144. The Morgan fingerprint density at radius 3 is 2.39 bits per heavy atom. The summed E-state index contributed by atoms with van der Waals surface area (Å²) in [5, 5.41) is 4.09. The van der Waals surface area contributed by atoms with Crippen molar-refractivity contribution in [3.05, 3.63) is 53.1 Å². The number of fused-ring (bicyclic) bond motifs is 7. The van der Waals surface area contributed by atoms with E-state index in [9.17, 15) is 22.8 Å². The van der Waals surface area contributed by atoms with Crippen LogP contribution in [0.5, 0.6) is 5.75 Å². The molecule has 0 saturated heterocycles. The first-order chi connectivity index (χ1) is 20.9. The Kier molecular flexibility index (Phi) is 7.48. The minimum absolute atomic E-state index is 0.0441. The van der Waals surface area contributed by atoms with E-state index < -0.39 is 33.5 Å². The molecule has 2 heterocycles. The maximum absolute atomic E-state index is 13.2. The largest absolute Gasteiger partial charge is 0.497 e. The molecular weight excluding hydrogens is 582 g/mol. The van der Waals surface area contributed by atoms with Crippen LogP contribution in [0.3, 0.4) is 0 Å². The summed E-state index contributed by atoms with van der Waals surface area (Å²) in [6.07, 6.45) is 6.18. The van der Waals surface area contributed by atoms with Crippen molar-refractivity contribution < 1.29 is 27.5 Å². The van der Waals surface area contributed by atoms with Crippen LogP contribution in [0.25, 0.3) is 22.2 Å². The SMILES string of the molecule is COc1ccc2c(c1)C1CC1(NC(=O)C(=O)N(C)C)Cn1c-2c(C2CCCCC2)c2ccc(C(=O)NS(=O)(=O)N(C)C)cc21. The Bertz CT molecular complexity index is 1790. The molecule has 234 valence electrons. The molecule has 3 aromatic rings. The van der Waals surface area contributed by atoms with Crippen LogP contribution in [0.1, 0.15) is 71.8 Å². The van der Waals surface area contributed by atoms with E-state index in [1.165, 1.54) is 31.0 Å². The van der Waals surface area contributed by atoms with Crippen LogP contribution in [0.4, 0.5) is 0 Å². The topological polar surface area (TPSA) is 130 Å². The molecule has 2 N–H and O–H groups in total. The molecule has 0 spiro atoms. The van der Waals surface area contributed by atoms with Gasteiger partial charge in [-0.2, -0.15) is 12.7 Å². The third-order valence-electron chi connectivity index (χ3n) is 9.45. The maximum atomic E-state index is 13.2. The summed E-state index contributed by atoms with van der Waals surface area (Å²) < 4.78 is 35.8. The molecule has 44 heavy (non-hydrogen) atoms. The first kappa shape index (κ1) is 30.1. The fourth-order valence-corrected chi connectivity index (χ4v) is 7.58. The Morgan fingerprint density at radius 2 is 1.73 bits per heavy atom. The van der Waals surface area contributed by atoms with Crippen molar-refractivity contribution in [3.63, 3.8) is 0 Å². The fraction of sp³-hybridized carbons (Fsp3) is 0.469. The van der Waals surface area contributed by atoms with Gasteiger partial charge in [-0.3, -0.25) is 14.4 Å². The molecule has 2 atom stereocenters. The van der Waals surface area contributed by atoms with Crippen LogP contribution >= 0.6 is 0 Å². The monoisotopic (exact) mass is 621 g/mol. The van der Waals surface area contributed by atoms with Crippen LogP contribution in [0.2, 0.25) is 0 Å². The third kappa shape index (κ3) is 5.03. The fourth-order valence-electron chi connectivity index (χ4n) is 7.05. The summed E-state index contributed by atoms with van der Waals surface area (Å²) in [5.41, 5.74) is 4.63.